The molecule has 7 nitrogen and oxygen atoms in total. The number of carbonyl (C=O) groups is 2. The van der Waals surface area contributed by atoms with Gasteiger partial charge in [0.2, 0.25) is 17.8 Å². The van der Waals surface area contributed by atoms with Crippen molar-refractivity contribution in [2.75, 3.05) is 31.1 Å². The van der Waals surface area contributed by atoms with Gasteiger partial charge in [0.15, 0.2) is 0 Å². The molecular weight excluding hydrogens is 354 g/mol. The fraction of sp³-hybridized carbons (Fsp3) is 0.524. The lowest BCUT2D eigenvalue weighted by Crippen LogP contribution is -2.46. The maximum absolute atomic E-state index is 12.4. The molecule has 4 rings (SSSR count). The molecule has 2 aliphatic rings. The summed E-state index contributed by atoms with van der Waals surface area (Å²) in [6.45, 7) is 3.93. The van der Waals surface area contributed by atoms with E-state index in [2.05, 4.69) is 15.2 Å². The van der Waals surface area contributed by atoms with Crippen molar-refractivity contribution in [2.45, 2.75) is 44.6 Å². The molecule has 2 fully saturated rings. The van der Waals surface area contributed by atoms with Gasteiger partial charge in [0.1, 0.15) is 0 Å². The summed E-state index contributed by atoms with van der Waals surface area (Å²) in [4.78, 5) is 37.3. The molecule has 1 aromatic heterocycles. The molecule has 28 heavy (non-hydrogen) atoms. The Morgan fingerprint density at radius 1 is 1.11 bits per heavy atom. The van der Waals surface area contributed by atoms with Gasteiger partial charge in [-0.3, -0.25) is 9.59 Å². The Morgan fingerprint density at radius 3 is 2.71 bits per heavy atom. The van der Waals surface area contributed by atoms with Gasteiger partial charge >= 0.3 is 0 Å². The first kappa shape index (κ1) is 18.7. The molecule has 3 heterocycles. The molecule has 0 bridgehead atoms. The van der Waals surface area contributed by atoms with Crippen molar-refractivity contribution >= 4 is 28.7 Å². The normalized spacial score (nSPS) is 22.5. The summed E-state index contributed by atoms with van der Waals surface area (Å²) in [5, 5.41) is 3.67. The topological polar surface area (TPSA) is 78.4 Å². The predicted octanol–water partition coefficient (Wildman–Crippen LogP) is 2.12. The van der Waals surface area contributed by atoms with Crippen LogP contribution in [0, 0.1) is 0 Å². The van der Waals surface area contributed by atoms with E-state index in [0.717, 1.165) is 62.0 Å². The average molecular weight is 381 g/mol. The molecule has 1 unspecified atom stereocenters. The first-order valence-electron chi connectivity index (χ1n) is 10.1. The smallest absolute Gasteiger partial charge is 0.241 e. The van der Waals surface area contributed by atoms with Crippen LogP contribution in [0.1, 0.15) is 39.0 Å². The fourth-order valence-corrected chi connectivity index (χ4v) is 4.60. The van der Waals surface area contributed by atoms with Gasteiger partial charge in [-0.05, 0) is 38.2 Å². The zero-order valence-corrected chi connectivity index (χ0v) is 16.4. The highest BCUT2D eigenvalue weighted by Crippen LogP contribution is 2.40. The van der Waals surface area contributed by atoms with Crippen LogP contribution in [0.3, 0.4) is 0 Å². The number of aromatic nitrogens is 2. The van der Waals surface area contributed by atoms with Gasteiger partial charge in [-0.1, -0.05) is 18.2 Å². The van der Waals surface area contributed by atoms with Gasteiger partial charge < -0.3 is 15.1 Å². The summed E-state index contributed by atoms with van der Waals surface area (Å²) in [5.74, 6) is 0.628. The molecule has 2 amide bonds. The predicted molar refractivity (Wildman–Crippen MR) is 108 cm³/mol. The van der Waals surface area contributed by atoms with Gasteiger partial charge in [0.25, 0.3) is 0 Å². The highest BCUT2D eigenvalue weighted by atomic mass is 16.2. The minimum atomic E-state index is -0.171. The maximum atomic E-state index is 12.4. The number of likely N-dealkylation sites (tertiary alicyclic amines) is 1. The number of nitrogens with zero attached hydrogens (tertiary/aromatic N) is 4. The van der Waals surface area contributed by atoms with Crippen LogP contribution in [-0.2, 0) is 9.59 Å². The highest BCUT2D eigenvalue weighted by molar-refractivity contribution is 5.83. The third-order valence-corrected chi connectivity index (χ3v) is 6.07. The Bertz CT molecular complexity index is 886. The molecule has 2 aromatic rings. The maximum Gasteiger partial charge on any atom is 0.241 e. The highest BCUT2D eigenvalue weighted by Gasteiger charge is 2.43. The SMILES string of the molecule is CC(=O)NCC(=O)N1CCCC2(CCCN2c2ncc3ccccc3n2)CC1. The van der Waals surface area contributed by atoms with E-state index in [1.807, 2.05) is 35.4 Å². The van der Waals surface area contributed by atoms with E-state index in [1.54, 1.807) is 0 Å². The number of rotatable bonds is 3. The number of nitrogens with one attached hydrogen (secondary N) is 1. The Balaban J connectivity index is 1.51. The molecular formula is C21H27N5O2. The lowest BCUT2D eigenvalue weighted by Gasteiger charge is -2.38. The third-order valence-electron chi connectivity index (χ3n) is 6.07. The van der Waals surface area contributed by atoms with Crippen LogP contribution in [-0.4, -0.2) is 58.4 Å². The summed E-state index contributed by atoms with van der Waals surface area (Å²) in [7, 11) is 0. The van der Waals surface area contributed by atoms with Crippen molar-refractivity contribution in [3.05, 3.63) is 30.5 Å². The van der Waals surface area contributed by atoms with E-state index in [0.29, 0.717) is 6.54 Å². The van der Waals surface area contributed by atoms with Crippen molar-refractivity contribution in [3.8, 4) is 0 Å². The quantitative estimate of drug-likeness (QED) is 0.881. The summed E-state index contributed by atoms with van der Waals surface area (Å²) in [6, 6.07) is 8.06. The second-order valence-electron chi connectivity index (χ2n) is 7.85. The van der Waals surface area contributed by atoms with Gasteiger partial charge in [0, 0.05) is 43.7 Å². The van der Waals surface area contributed by atoms with Gasteiger partial charge in [-0.25, -0.2) is 9.97 Å². The Hall–Kier alpha value is -2.70. The number of fused-ring (bicyclic) bond motifs is 1. The van der Waals surface area contributed by atoms with Crippen molar-refractivity contribution in [1.29, 1.82) is 0 Å². The lowest BCUT2D eigenvalue weighted by molar-refractivity contribution is -0.132. The van der Waals surface area contributed by atoms with Crippen molar-refractivity contribution in [3.63, 3.8) is 0 Å². The molecule has 0 radical (unpaired) electrons. The van der Waals surface area contributed by atoms with E-state index in [4.69, 9.17) is 4.98 Å². The van der Waals surface area contributed by atoms with Crippen LogP contribution >= 0.6 is 0 Å². The Labute approximate surface area is 165 Å². The van der Waals surface area contributed by atoms with Gasteiger partial charge in [-0.15, -0.1) is 0 Å². The molecule has 1 N–H and O–H groups in total. The Morgan fingerprint density at radius 2 is 1.89 bits per heavy atom. The number of carbonyl (C=O) groups excluding carboxylic acids is 2. The second kappa shape index (κ2) is 7.73. The first-order chi connectivity index (χ1) is 13.6. The molecule has 1 atom stereocenters. The minimum Gasteiger partial charge on any atom is -0.347 e. The first-order valence-corrected chi connectivity index (χ1v) is 10.1. The number of hydrogen-bond donors (Lipinski definition) is 1. The van der Waals surface area contributed by atoms with Crippen molar-refractivity contribution in [2.24, 2.45) is 0 Å². The zero-order valence-electron chi connectivity index (χ0n) is 16.4. The van der Waals surface area contributed by atoms with Gasteiger partial charge in [-0.2, -0.15) is 0 Å². The number of anilines is 1. The van der Waals surface area contributed by atoms with Crippen LogP contribution < -0.4 is 10.2 Å². The molecule has 0 saturated carbocycles. The molecule has 148 valence electrons. The van der Waals surface area contributed by atoms with Crippen molar-refractivity contribution in [1.82, 2.24) is 20.2 Å². The van der Waals surface area contributed by atoms with Crippen LogP contribution in [0.2, 0.25) is 0 Å². The summed E-state index contributed by atoms with van der Waals surface area (Å²) < 4.78 is 0. The molecule has 7 heteroatoms. The van der Waals surface area contributed by atoms with Crippen molar-refractivity contribution < 1.29 is 9.59 Å². The molecule has 0 aliphatic carbocycles. The third kappa shape index (κ3) is 3.66. The summed E-state index contributed by atoms with van der Waals surface area (Å²) >= 11 is 0. The average Bonchev–Trinajstić information content (AvgIpc) is 2.99. The van der Waals surface area contributed by atoms with E-state index in [1.165, 1.54) is 6.92 Å². The standard InChI is InChI=1S/C21H27N5O2/c1-16(27)22-15-19(28)25-11-4-8-21(10-13-25)9-5-12-26(21)20-23-14-17-6-2-3-7-18(17)24-20/h2-3,6-7,14H,4-5,8-13,15H2,1H3,(H,22,27). The Kier molecular flexibility index (Phi) is 5.15. The molecule has 2 saturated heterocycles. The van der Waals surface area contributed by atoms with E-state index >= 15 is 0 Å². The lowest BCUT2D eigenvalue weighted by atomic mass is 9.88. The van der Waals surface area contributed by atoms with Crippen LogP contribution in [0.25, 0.3) is 10.9 Å². The number of hydrogen-bond acceptors (Lipinski definition) is 5. The molecule has 2 aliphatic heterocycles. The van der Waals surface area contributed by atoms with E-state index in [-0.39, 0.29) is 23.9 Å². The minimum absolute atomic E-state index is 0.00116. The summed E-state index contributed by atoms with van der Waals surface area (Å²) in [6.07, 6.45) is 7.04. The largest absolute Gasteiger partial charge is 0.347 e. The zero-order chi connectivity index (χ0) is 19.6. The number of benzene rings is 1. The number of para-hydroxylation sites is 1. The number of amides is 2. The van der Waals surface area contributed by atoms with Crippen LogP contribution in [0.5, 0.6) is 0 Å². The summed E-state index contributed by atoms with van der Waals surface area (Å²) in [5.41, 5.74) is 0.987. The van der Waals surface area contributed by atoms with E-state index < -0.39 is 0 Å². The molecule has 1 aromatic carbocycles. The molecule has 1 spiro atoms. The van der Waals surface area contributed by atoms with Crippen LogP contribution in [0.15, 0.2) is 30.5 Å². The van der Waals surface area contributed by atoms with E-state index in [9.17, 15) is 9.59 Å². The monoisotopic (exact) mass is 381 g/mol. The fourth-order valence-electron chi connectivity index (χ4n) is 4.60. The van der Waals surface area contributed by atoms with Crippen LogP contribution in [0.4, 0.5) is 5.95 Å². The van der Waals surface area contributed by atoms with Gasteiger partial charge in [0.05, 0.1) is 12.1 Å². The second-order valence-corrected chi connectivity index (χ2v) is 7.85.